The highest BCUT2D eigenvalue weighted by atomic mass is 16.5. The van der Waals surface area contributed by atoms with E-state index in [0.29, 0.717) is 6.04 Å². The van der Waals surface area contributed by atoms with Crippen LogP contribution in [0.3, 0.4) is 0 Å². The van der Waals surface area contributed by atoms with Gasteiger partial charge in [0, 0.05) is 38.8 Å². The van der Waals surface area contributed by atoms with Gasteiger partial charge in [-0.15, -0.1) is 0 Å². The molecule has 118 valence electrons. The zero-order chi connectivity index (χ0) is 15.0. The summed E-state index contributed by atoms with van der Waals surface area (Å²) in [5.74, 6) is 0.120. The van der Waals surface area contributed by atoms with Gasteiger partial charge in [0.15, 0.2) is 0 Å². The Bertz CT molecular complexity index is 286. The lowest BCUT2D eigenvalue weighted by Crippen LogP contribution is -2.57. The number of rotatable bonds is 8. The Labute approximate surface area is 123 Å². The molecule has 0 bridgehead atoms. The maximum absolute atomic E-state index is 12.3. The predicted molar refractivity (Wildman–Crippen MR) is 81.6 cm³/mol. The fourth-order valence-corrected chi connectivity index (χ4v) is 2.77. The number of amides is 1. The number of nitrogens with two attached hydrogens (primary N) is 1. The van der Waals surface area contributed by atoms with E-state index in [1.54, 1.807) is 0 Å². The van der Waals surface area contributed by atoms with Crippen LogP contribution in [0.15, 0.2) is 0 Å². The Morgan fingerprint density at radius 3 is 2.70 bits per heavy atom. The van der Waals surface area contributed by atoms with Gasteiger partial charge >= 0.3 is 0 Å². The second-order valence-corrected chi connectivity index (χ2v) is 5.47. The van der Waals surface area contributed by atoms with Crippen molar-refractivity contribution in [3.63, 3.8) is 0 Å². The van der Waals surface area contributed by atoms with Crippen molar-refractivity contribution < 1.29 is 9.53 Å². The van der Waals surface area contributed by atoms with Crippen molar-refractivity contribution in [3.05, 3.63) is 0 Å². The van der Waals surface area contributed by atoms with E-state index in [9.17, 15) is 4.79 Å². The fourth-order valence-electron chi connectivity index (χ4n) is 2.77. The topological polar surface area (TPSA) is 58.8 Å². The van der Waals surface area contributed by atoms with Crippen molar-refractivity contribution in [2.45, 2.75) is 52.1 Å². The first-order valence-corrected chi connectivity index (χ1v) is 8.00. The third kappa shape index (κ3) is 5.04. The molecular formula is C15H31N3O2. The lowest BCUT2D eigenvalue weighted by atomic mass is 10.1. The average Bonchev–Trinajstić information content (AvgIpc) is 2.47. The van der Waals surface area contributed by atoms with Gasteiger partial charge in [-0.25, -0.2) is 0 Å². The number of hydrogen-bond acceptors (Lipinski definition) is 4. The number of hydrogen-bond donors (Lipinski definition) is 1. The molecule has 1 saturated heterocycles. The molecule has 0 aliphatic carbocycles. The monoisotopic (exact) mass is 285 g/mol. The Balaban J connectivity index is 2.47. The molecule has 2 N–H and O–H groups in total. The standard InChI is InChI=1S/C15H31N3O2/c1-4-7-14(16)15(19)18-9-8-17(10-11-20-6-3)13(5-2)12-18/h13-14H,4-12,16H2,1-3H3. The van der Waals surface area contributed by atoms with Crippen molar-refractivity contribution in [2.24, 2.45) is 5.73 Å². The largest absolute Gasteiger partial charge is 0.380 e. The molecular weight excluding hydrogens is 254 g/mol. The van der Waals surface area contributed by atoms with Gasteiger partial charge in [0.05, 0.1) is 12.6 Å². The molecule has 5 heteroatoms. The zero-order valence-corrected chi connectivity index (χ0v) is 13.3. The molecule has 0 saturated carbocycles. The first-order chi connectivity index (χ1) is 9.63. The molecule has 0 spiro atoms. The molecule has 2 unspecified atom stereocenters. The normalized spacial score (nSPS) is 22.0. The van der Waals surface area contributed by atoms with Gasteiger partial charge in [0.1, 0.15) is 0 Å². The molecule has 0 aromatic heterocycles. The van der Waals surface area contributed by atoms with Crippen LogP contribution in [0.2, 0.25) is 0 Å². The number of piperazine rings is 1. The fraction of sp³-hybridized carbons (Fsp3) is 0.933. The van der Waals surface area contributed by atoms with E-state index in [4.69, 9.17) is 10.5 Å². The smallest absolute Gasteiger partial charge is 0.239 e. The lowest BCUT2D eigenvalue weighted by Gasteiger charge is -2.41. The highest BCUT2D eigenvalue weighted by molar-refractivity contribution is 5.81. The second kappa shape index (κ2) is 9.32. The van der Waals surface area contributed by atoms with Gasteiger partial charge in [0.2, 0.25) is 5.91 Å². The summed E-state index contributed by atoms with van der Waals surface area (Å²) in [6.07, 6.45) is 2.79. The summed E-state index contributed by atoms with van der Waals surface area (Å²) in [6, 6.07) is 0.106. The van der Waals surface area contributed by atoms with E-state index in [1.165, 1.54) is 0 Å². The molecule has 1 rings (SSSR count). The maximum Gasteiger partial charge on any atom is 0.239 e. The molecule has 20 heavy (non-hydrogen) atoms. The highest BCUT2D eigenvalue weighted by Gasteiger charge is 2.30. The summed E-state index contributed by atoms with van der Waals surface area (Å²) in [4.78, 5) is 16.7. The Kier molecular flexibility index (Phi) is 8.11. The van der Waals surface area contributed by atoms with E-state index >= 15 is 0 Å². The second-order valence-electron chi connectivity index (χ2n) is 5.47. The van der Waals surface area contributed by atoms with Crippen LogP contribution < -0.4 is 5.73 Å². The molecule has 1 heterocycles. The maximum atomic E-state index is 12.3. The van der Waals surface area contributed by atoms with E-state index in [0.717, 1.165) is 58.7 Å². The zero-order valence-electron chi connectivity index (χ0n) is 13.3. The Morgan fingerprint density at radius 1 is 1.35 bits per heavy atom. The molecule has 0 aromatic carbocycles. The van der Waals surface area contributed by atoms with E-state index < -0.39 is 0 Å². The number of carbonyl (C=O) groups is 1. The quantitative estimate of drug-likeness (QED) is 0.678. The van der Waals surface area contributed by atoms with Gasteiger partial charge in [-0.2, -0.15) is 0 Å². The van der Waals surface area contributed by atoms with Gasteiger partial charge in [-0.1, -0.05) is 20.3 Å². The van der Waals surface area contributed by atoms with Crippen LogP contribution in [-0.4, -0.2) is 67.2 Å². The van der Waals surface area contributed by atoms with Crippen LogP contribution >= 0.6 is 0 Å². The molecule has 5 nitrogen and oxygen atoms in total. The number of nitrogens with zero attached hydrogens (tertiary/aromatic N) is 2. The van der Waals surface area contributed by atoms with Crippen LogP contribution in [0, 0.1) is 0 Å². The summed E-state index contributed by atoms with van der Waals surface area (Å²) >= 11 is 0. The third-order valence-corrected chi connectivity index (χ3v) is 4.03. The molecule has 1 fully saturated rings. The predicted octanol–water partition coefficient (Wildman–Crippen LogP) is 1.07. The van der Waals surface area contributed by atoms with Gasteiger partial charge < -0.3 is 15.4 Å². The molecule has 2 atom stereocenters. The molecule has 0 aromatic rings. The molecule has 1 aliphatic heterocycles. The molecule has 1 amide bonds. The average molecular weight is 285 g/mol. The van der Waals surface area contributed by atoms with Crippen molar-refractivity contribution in [3.8, 4) is 0 Å². The van der Waals surface area contributed by atoms with Crippen molar-refractivity contribution >= 4 is 5.91 Å². The minimum Gasteiger partial charge on any atom is -0.380 e. The van der Waals surface area contributed by atoms with E-state index in [1.807, 2.05) is 11.8 Å². The molecule has 0 radical (unpaired) electrons. The van der Waals surface area contributed by atoms with Crippen molar-refractivity contribution in [1.82, 2.24) is 9.80 Å². The Hall–Kier alpha value is -0.650. The van der Waals surface area contributed by atoms with Crippen molar-refractivity contribution in [1.29, 1.82) is 0 Å². The van der Waals surface area contributed by atoms with Crippen LogP contribution in [0.25, 0.3) is 0 Å². The Morgan fingerprint density at radius 2 is 2.10 bits per heavy atom. The van der Waals surface area contributed by atoms with Gasteiger partial charge in [0.25, 0.3) is 0 Å². The van der Waals surface area contributed by atoms with Crippen LogP contribution in [0.4, 0.5) is 0 Å². The SMILES string of the molecule is CCCC(N)C(=O)N1CCN(CCOCC)C(CC)C1. The van der Waals surface area contributed by atoms with Crippen LogP contribution in [0.1, 0.15) is 40.0 Å². The van der Waals surface area contributed by atoms with Crippen LogP contribution in [0.5, 0.6) is 0 Å². The van der Waals surface area contributed by atoms with E-state index in [-0.39, 0.29) is 11.9 Å². The van der Waals surface area contributed by atoms with Crippen molar-refractivity contribution in [2.75, 3.05) is 39.4 Å². The van der Waals surface area contributed by atoms with Gasteiger partial charge in [-0.3, -0.25) is 9.69 Å². The van der Waals surface area contributed by atoms with Crippen LogP contribution in [-0.2, 0) is 9.53 Å². The highest BCUT2D eigenvalue weighted by Crippen LogP contribution is 2.14. The summed E-state index contributed by atoms with van der Waals surface area (Å²) in [7, 11) is 0. The van der Waals surface area contributed by atoms with E-state index in [2.05, 4.69) is 18.7 Å². The molecule has 1 aliphatic rings. The minimum absolute atomic E-state index is 0.120. The van der Waals surface area contributed by atoms with Gasteiger partial charge in [-0.05, 0) is 19.8 Å². The summed E-state index contributed by atoms with van der Waals surface area (Å²) in [6.45, 7) is 11.3. The lowest BCUT2D eigenvalue weighted by molar-refractivity contribution is -0.136. The third-order valence-electron chi connectivity index (χ3n) is 4.03. The first kappa shape index (κ1) is 17.4. The first-order valence-electron chi connectivity index (χ1n) is 8.00. The number of ether oxygens (including phenoxy) is 1. The number of carbonyl (C=O) groups excluding carboxylic acids is 1. The summed E-state index contributed by atoms with van der Waals surface area (Å²) in [5, 5.41) is 0. The summed E-state index contributed by atoms with van der Waals surface area (Å²) < 4.78 is 5.43. The summed E-state index contributed by atoms with van der Waals surface area (Å²) in [5.41, 5.74) is 5.95. The minimum atomic E-state index is -0.326.